The number of sulfonamides is 1. The van der Waals surface area contributed by atoms with Gasteiger partial charge >= 0.3 is 5.69 Å². The molecule has 4 rings (SSSR count). The number of benzene rings is 2. The van der Waals surface area contributed by atoms with Crippen LogP contribution in [-0.4, -0.2) is 48.8 Å². The Bertz CT molecular complexity index is 1140. The molecule has 0 aliphatic carbocycles. The quantitative estimate of drug-likeness (QED) is 0.472. The summed E-state index contributed by atoms with van der Waals surface area (Å²) in [7, 11) is -3.44. The number of pyridine rings is 1. The lowest BCUT2D eigenvalue weighted by atomic mass is 10.1. The fourth-order valence-electron chi connectivity index (χ4n) is 3.66. The van der Waals surface area contributed by atoms with Gasteiger partial charge in [0.05, 0.1) is 21.6 Å². The molecule has 0 atom stereocenters. The van der Waals surface area contributed by atoms with Crippen molar-refractivity contribution in [2.75, 3.05) is 31.1 Å². The standard InChI is InChI=1S/C20H20N4O4S/c25-24(26)20-17-7-4-10-21-18(17)8-9-19(20)22-11-13-23(14-12-22)29(27,28)15-16-5-2-1-3-6-16/h1-10H,11-15H2. The number of nitrogens with zero attached hydrogens (tertiary/aromatic N) is 4. The first-order valence-electron chi connectivity index (χ1n) is 9.24. The predicted molar refractivity (Wildman–Crippen MR) is 111 cm³/mol. The summed E-state index contributed by atoms with van der Waals surface area (Å²) in [6, 6.07) is 15.9. The van der Waals surface area contributed by atoms with Crippen LogP contribution < -0.4 is 4.90 Å². The van der Waals surface area contributed by atoms with E-state index in [-0.39, 0.29) is 24.5 Å². The highest BCUT2D eigenvalue weighted by molar-refractivity contribution is 7.88. The fraction of sp³-hybridized carbons (Fsp3) is 0.250. The van der Waals surface area contributed by atoms with Crippen molar-refractivity contribution in [3.63, 3.8) is 0 Å². The van der Waals surface area contributed by atoms with Crippen molar-refractivity contribution in [3.05, 3.63) is 76.5 Å². The molecular weight excluding hydrogens is 392 g/mol. The van der Waals surface area contributed by atoms with Gasteiger partial charge in [-0.1, -0.05) is 30.3 Å². The van der Waals surface area contributed by atoms with Crippen molar-refractivity contribution in [2.24, 2.45) is 0 Å². The average Bonchev–Trinajstić information content (AvgIpc) is 2.73. The molecule has 3 aromatic rings. The minimum atomic E-state index is -3.44. The van der Waals surface area contributed by atoms with Crippen LogP contribution in [-0.2, 0) is 15.8 Å². The highest BCUT2D eigenvalue weighted by atomic mass is 32.2. The number of fused-ring (bicyclic) bond motifs is 1. The third-order valence-electron chi connectivity index (χ3n) is 5.08. The molecule has 0 spiro atoms. The first-order chi connectivity index (χ1) is 14.0. The third-order valence-corrected chi connectivity index (χ3v) is 6.93. The molecule has 8 nitrogen and oxygen atoms in total. The van der Waals surface area contributed by atoms with E-state index in [1.165, 1.54) is 4.31 Å². The van der Waals surface area contributed by atoms with Crippen LogP contribution in [0.25, 0.3) is 10.9 Å². The molecule has 1 aliphatic rings. The molecule has 1 aromatic heterocycles. The number of piperazine rings is 1. The number of nitro benzene ring substituents is 1. The molecule has 2 aromatic carbocycles. The van der Waals surface area contributed by atoms with Crippen LogP contribution in [0.5, 0.6) is 0 Å². The van der Waals surface area contributed by atoms with Gasteiger partial charge in [0, 0.05) is 32.4 Å². The zero-order valence-corrected chi connectivity index (χ0v) is 16.5. The van der Waals surface area contributed by atoms with E-state index in [9.17, 15) is 18.5 Å². The summed E-state index contributed by atoms with van der Waals surface area (Å²) < 4.78 is 26.9. The first kappa shape index (κ1) is 19.3. The average molecular weight is 412 g/mol. The maximum Gasteiger partial charge on any atom is 0.301 e. The van der Waals surface area contributed by atoms with E-state index in [4.69, 9.17) is 0 Å². The van der Waals surface area contributed by atoms with Crippen molar-refractivity contribution in [3.8, 4) is 0 Å². The molecule has 1 saturated heterocycles. The second kappa shape index (κ2) is 7.76. The molecule has 2 heterocycles. The van der Waals surface area contributed by atoms with E-state index in [1.54, 1.807) is 42.6 Å². The predicted octanol–water partition coefficient (Wildman–Crippen LogP) is 2.80. The Kier molecular flexibility index (Phi) is 5.16. The molecule has 0 unspecified atom stereocenters. The summed E-state index contributed by atoms with van der Waals surface area (Å²) in [4.78, 5) is 17.4. The number of rotatable bonds is 5. The molecular formula is C20H20N4O4S. The molecule has 0 saturated carbocycles. The molecule has 1 fully saturated rings. The minimum Gasteiger partial charge on any atom is -0.363 e. The van der Waals surface area contributed by atoms with Gasteiger partial charge in [-0.2, -0.15) is 4.31 Å². The number of hydrogen-bond acceptors (Lipinski definition) is 6. The van der Waals surface area contributed by atoms with Gasteiger partial charge in [0.15, 0.2) is 0 Å². The van der Waals surface area contributed by atoms with Crippen LogP contribution in [0.3, 0.4) is 0 Å². The van der Waals surface area contributed by atoms with Gasteiger partial charge in [-0.15, -0.1) is 0 Å². The van der Waals surface area contributed by atoms with E-state index in [2.05, 4.69) is 4.98 Å². The van der Waals surface area contributed by atoms with E-state index in [0.29, 0.717) is 29.7 Å². The third kappa shape index (κ3) is 3.92. The summed E-state index contributed by atoms with van der Waals surface area (Å²) in [6.07, 6.45) is 1.60. The van der Waals surface area contributed by atoms with Crippen molar-refractivity contribution in [2.45, 2.75) is 5.75 Å². The van der Waals surface area contributed by atoms with Crippen LogP contribution in [0.1, 0.15) is 5.56 Å². The van der Waals surface area contributed by atoms with Crippen LogP contribution in [0, 0.1) is 10.1 Å². The van der Waals surface area contributed by atoms with Crippen molar-refractivity contribution in [1.82, 2.24) is 9.29 Å². The second-order valence-electron chi connectivity index (χ2n) is 6.89. The SMILES string of the molecule is O=[N+]([O-])c1c(N2CCN(S(=O)(=O)Cc3ccccc3)CC2)ccc2ncccc12. The molecule has 0 bridgehead atoms. The van der Waals surface area contributed by atoms with Crippen LogP contribution >= 0.6 is 0 Å². The van der Waals surface area contributed by atoms with E-state index >= 15 is 0 Å². The Labute approximate surface area is 168 Å². The molecule has 29 heavy (non-hydrogen) atoms. The molecule has 9 heteroatoms. The Morgan fingerprint density at radius 3 is 2.38 bits per heavy atom. The van der Waals surface area contributed by atoms with Crippen molar-refractivity contribution >= 4 is 32.3 Å². The van der Waals surface area contributed by atoms with Crippen molar-refractivity contribution in [1.29, 1.82) is 0 Å². The smallest absolute Gasteiger partial charge is 0.301 e. The normalized spacial score (nSPS) is 15.5. The number of nitro groups is 1. The van der Waals surface area contributed by atoms with E-state index in [0.717, 1.165) is 5.56 Å². The first-order valence-corrected chi connectivity index (χ1v) is 10.9. The van der Waals surface area contributed by atoms with Gasteiger partial charge in [0.25, 0.3) is 0 Å². The number of hydrogen-bond donors (Lipinski definition) is 0. The zero-order valence-electron chi connectivity index (χ0n) is 15.6. The van der Waals surface area contributed by atoms with Gasteiger partial charge in [-0.3, -0.25) is 15.1 Å². The Morgan fingerprint density at radius 2 is 1.69 bits per heavy atom. The summed E-state index contributed by atoms with van der Waals surface area (Å²) in [5.74, 6) is -0.0460. The zero-order chi connectivity index (χ0) is 20.4. The number of aromatic nitrogens is 1. The summed E-state index contributed by atoms with van der Waals surface area (Å²) in [5, 5.41) is 12.2. The van der Waals surface area contributed by atoms with Gasteiger partial charge in [-0.25, -0.2) is 8.42 Å². The largest absolute Gasteiger partial charge is 0.363 e. The van der Waals surface area contributed by atoms with Crippen LogP contribution in [0.15, 0.2) is 60.8 Å². The molecule has 0 radical (unpaired) electrons. The number of anilines is 1. The van der Waals surface area contributed by atoms with E-state index < -0.39 is 14.9 Å². The highest BCUT2D eigenvalue weighted by Crippen LogP contribution is 2.35. The minimum absolute atomic E-state index is 0.0104. The Hall–Kier alpha value is -3.04. The fourth-order valence-corrected chi connectivity index (χ4v) is 5.17. The topological polar surface area (TPSA) is 96.6 Å². The summed E-state index contributed by atoms with van der Waals surface area (Å²) in [6.45, 7) is 1.36. The van der Waals surface area contributed by atoms with Crippen molar-refractivity contribution < 1.29 is 13.3 Å². The van der Waals surface area contributed by atoms with E-state index in [1.807, 2.05) is 23.1 Å². The molecule has 0 amide bonds. The van der Waals surface area contributed by atoms with Gasteiger partial charge in [0.1, 0.15) is 5.69 Å². The van der Waals surface area contributed by atoms with Gasteiger partial charge < -0.3 is 4.90 Å². The highest BCUT2D eigenvalue weighted by Gasteiger charge is 2.30. The van der Waals surface area contributed by atoms with Gasteiger partial charge in [0.2, 0.25) is 10.0 Å². The maximum atomic E-state index is 12.7. The molecule has 0 N–H and O–H groups in total. The monoisotopic (exact) mass is 412 g/mol. The second-order valence-corrected chi connectivity index (χ2v) is 8.86. The summed E-state index contributed by atoms with van der Waals surface area (Å²) in [5.41, 5.74) is 1.81. The molecule has 150 valence electrons. The maximum absolute atomic E-state index is 12.7. The Balaban J connectivity index is 1.54. The lowest BCUT2D eigenvalue weighted by molar-refractivity contribution is -0.382. The van der Waals surface area contributed by atoms with Gasteiger partial charge in [-0.05, 0) is 29.8 Å². The molecule has 1 aliphatic heterocycles. The van der Waals surface area contributed by atoms with Crippen LogP contribution in [0.4, 0.5) is 11.4 Å². The Morgan fingerprint density at radius 1 is 0.966 bits per heavy atom. The summed E-state index contributed by atoms with van der Waals surface area (Å²) >= 11 is 0. The van der Waals surface area contributed by atoms with Crippen LogP contribution in [0.2, 0.25) is 0 Å². The lowest BCUT2D eigenvalue weighted by Crippen LogP contribution is -2.49. The lowest BCUT2D eigenvalue weighted by Gasteiger charge is -2.35.